The van der Waals surface area contributed by atoms with Crippen LogP contribution >= 0.6 is 0 Å². The van der Waals surface area contributed by atoms with Crippen LogP contribution in [0.5, 0.6) is 0 Å². The van der Waals surface area contributed by atoms with E-state index in [2.05, 4.69) is 0 Å². The molecule has 140 valence electrons. The molecule has 6 heteroatoms. The lowest BCUT2D eigenvalue weighted by Crippen LogP contribution is -2.36. The molecule has 3 atom stereocenters. The minimum atomic E-state index is -0.258. The Morgan fingerprint density at radius 3 is 2.48 bits per heavy atom. The van der Waals surface area contributed by atoms with E-state index in [0.717, 1.165) is 5.56 Å². The number of carbonyl (C=O) groups is 2. The SMILES string of the molecule is CC(=O)N1C[C@H]2CN(C(=O)c3cc(=O)cc(C)o3)C[C@H]2[C@H]1c1ccccc1. The molecule has 1 aromatic carbocycles. The van der Waals surface area contributed by atoms with E-state index < -0.39 is 0 Å². The molecule has 2 aromatic rings. The summed E-state index contributed by atoms with van der Waals surface area (Å²) in [6, 6.07) is 12.6. The van der Waals surface area contributed by atoms with Crippen LogP contribution in [0, 0.1) is 18.8 Å². The number of amides is 2. The zero-order valence-electron chi connectivity index (χ0n) is 15.4. The van der Waals surface area contributed by atoms with Gasteiger partial charge < -0.3 is 14.2 Å². The quantitative estimate of drug-likeness (QED) is 0.817. The average molecular weight is 366 g/mol. The third kappa shape index (κ3) is 3.16. The highest BCUT2D eigenvalue weighted by molar-refractivity contribution is 5.91. The Labute approximate surface area is 157 Å². The van der Waals surface area contributed by atoms with Crippen LogP contribution in [0.25, 0.3) is 0 Å². The monoisotopic (exact) mass is 366 g/mol. The van der Waals surface area contributed by atoms with Crippen LogP contribution in [0.2, 0.25) is 0 Å². The number of hydrogen-bond acceptors (Lipinski definition) is 4. The maximum Gasteiger partial charge on any atom is 0.289 e. The summed E-state index contributed by atoms with van der Waals surface area (Å²) in [5, 5.41) is 0. The predicted molar refractivity (Wildman–Crippen MR) is 99.2 cm³/mol. The van der Waals surface area contributed by atoms with Crippen molar-refractivity contribution in [1.29, 1.82) is 0 Å². The van der Waals surface area contributed by atoms with Gasteiger partial charge in [0.25, 0.3) is 5.91 Å². The van der Waals surface area contributed by atoms with E-state index in [0.29, 0.717) is 25.4 Å². The number of fused-ring (bicyclic) bond motifs is 1. The normalized spacial score (nSPS) is 24.1. The van der Waals surface area contributed by atoms with Crippen LogP contribution in [-0.4, -0.2) is 41.2 Å². The van der Waals surface area contributed by atoms with Gasteiger partial charge in [0.1, 0.15) is 5.76 Å². The van der Waals surface area contributed by atoms with E-state index >= 15 is 0 Å². The third-order valence-electron chi connectivity index (χ3n) is 5.60. The van der Waals surface area contributed by atoms with Gasteiger partial charge >= 0.3 is 0 Å². The van der Waals surface area contributed by atoms with Gasteiger partial charge in [0.15, 0.2) is 11.2 Å². The Morgan fingerprint density at radius 2 is 1.81 bits per heavy atom. The molecular formula is C21H22N2O4. The number of aryl methyl sites for hydroxylation is 1. The van der Waals surface area contributed by atoms with E-state index in [4.69, 9.17) is 4.42 Å². The Balaban J connectivity index is 1.60. The number of likely N-dealkylation sites (tertiary alicyclic amines) is 2. The van der Waals surface area contributed by atoms with Crippen LogP contribution in [0.4, 0.5) is 0 Å². The first-order valence-corrected chi connectivity index (χ1v) is 9.17. The van der Waals surface area contributed by atoms with Gasteiger partial charge in [-0.1, -0.05) is 30.3 Å². The number of hydrogen-bond donors (Lipinski definition) is 0. The zero-order chi connectivity index (χ0) is 19.1. The van der Waals surface area contributed by atoms with Gasteiger partial charge in [0.05, 0.1) is 6.04 Å². The van der Waals surface area contributed by atoms with Crippen LogP contribution in [0.3, 0.4) is 0 Å². The smallest absolute Gasteiger partial charge is 0.289 e. The standard InChI is InChI=1S/C21H22N2O4/c1-13-8-17(25)9-19(27-13)21(26)22-10-16-11-23(14(2)24)20(18(16)12-22)15-6-4-3-5-7-15/h3-9,16,18,20H,10-12H2,1-2H3/t16-,18-,20-/m1/s1. The molecule has 0 bridgehead atoms. The van der Waals surface area contributed by atoms with Crippen molar-refractivity contribution >= 4 is 11.8 Å². The number of nitrogens with zero attached hydrogens (tertiary/aromatic N) is 2. The molecule has 0 aliphatic carbocycles. The molecule has 1 aromatic heterocycles. The summed E-state index contributed by atoms with van der Waals surface area (Å²) in [5.74, 6) is 0.707. The highest BCUT2D eigenvalue weighted by atomic mass is 16.3. The predicted octanol–water partition coefficient (Wildman–Crippen LogP) is 2.24. The van der Waals surface area contributed by atoms with Crippen LogP contribution in [-0.2, 0) is 4.79 Å². The van der Waals surface area contributed by atoms with Crippen LogP contribution in [0.15, 0.2) is 51.7 Å². The Hall–Kier alpha value is -2.89. The van der Waals surface area contributed by atoms with Crippen molar-refractivity contribution in [3.8, 4) is 0 Å². The first-order valence-electron chi connectivity index (χ1n) is 9.17. The lowest BCUT2D eigenvalue weighted by atomic mass is 9.89. The topological polar surface area (TPSA) is 70.8 Å². The summed E-state index contributed by atoms with van der Waals surface area (Å²) >= 11 is 0. The first-order chi connectivity index (χ1) is 12.9. The first kappa shape index (κ1) is 17.5. The van der Waals surface area contributed by atoms with E-state index in [1.807, 2.05) is 35.2 Å². The molecule has 0 spiro atoms. The molecular weight excluding hydrogens is 344 g/mol. The van der Waals surface area contributed by atoms with Gasteiger partial charge in [-0.3, -0.25) is 14.4 Å². The lowest BCUT2D eigenvalue weighted by Gasteiger charge is -2.29. The molecule has 2 amide bonds. The molecule has 6 nitrogen and oxygen atoms in total. The Morgan fingerprint density at radius 1 is 1.07 bits per heavy atom. The Bertz CT molecular complexity index is 937. The second-order valence-corrected chi connectivity index (χ2v) is 7.43. The van der Waals surface area contributed by atoms with Crippen molar-refractivity contribution in [3.05, 3.63) is 69.8 Å². The second-order valence-electron chi connectivity index (χ2n) is 7.43. The fourth-order valence-electron chi connectivity index (χ4n) is 4.48. The number of rotatable bonds is 2. The summed E-state index contributed by atoms with van der Waals surface area (Å²) in [4.78, 5) is 40.4. The zero-order valence-corrected chi connectivity index (χ0v) is 15.4. The van der Waals surface area contributed by atoms with E-state index in [1.165, 1.54) is 12.1 Å². The van der Waals surface area contributed by atoms with E-state index in [1.54, 1.807) is 18.7 Å². The highest BCUT2D eigenvalue weighted by Gasteiger charge is 2.49. The minimum Gasteiger partial charge on any atom is -0.456 e. The van der Waals surface area contributed by atoms with Crippen molar-refractivity contribution in [2.45, 2.75) is 19.9 Å². The van der Waals surface area contributed by atoms with Gasteiger partial charge in [0.2, 0.25) is 5.91 Å². The summed E-state index contributed by atoms with van der Waals surface area (Å²) in [6.45, 7) is 5.01. The molecule has 2 aliphatic heterocycles. The fourth-order valence-corrected chi connectivity index (χ4v) is 4.48. The Kier molecular flexibility index (Phi) is 4.34. The largest absolute Gasteiger partial charge is 0.456 e. The van der Waals surface area contributed by atoms with Crippen molar-refractivity contribution in [2.75, 3.05) is 19.6 Å². The van der Waals surface area contributed by atoms with Gasteiger partial charge in [-0.15, -0.1) is 0 Å². The second kappa shape index (κ2) is 6.68. The van der Waals surface area contributed by atoms with Crippen LogP contribution in [0.1, 0.15) is 34.8 Å². The molecule has 0 saturated carbocycles. The summed E-state index contributed by atoms with van der Waals surface area (Å²) in [5.41, 5.74) is 0.864. The fraction of sp³-hybridized carbons (Fsp3) is 0.381. The van der Waals surface area contributed by atoms with E-state index in [-0.39, 0.29) is 40.9 Å². The lowest BCUT2D eigenvalue weighted by molar-refractivity contribution is -0.130. The molecule has 0 unspecified atom stereocenters. The number of carbonyl (C=O) groups excluding carboxylic acids is 2. The van der Waals surface area contributed by atoms with Crippen molar-refractivity contribution in [2.24, 2.45) is 11.8 Å². The summed E-state index contributed by atoms with van der Waals surface area (Å²) in [6.07, 6.45) is 0. The van der Waals surface area contributed by atoms with Crippen molar-refractivity contribution < 1.29 is 14.0 Å². The molecule has 27 heavy (non-hydrogen) atoms. The van der Waals surface area contributed by atoms with Crippen molar-refractivity contribution in [3.63, 3.8) is 0 Å². The maximum atomic E-state index is 12.9. The average Bonchev–Trinajstić information content (AvgIpc) is 3.18. The van der Waals surface area contributed by atoms with Gasteiger partial charge in [-0.05, 0) is 12.5 Å². The highest BCUT2D eigenvalue weighted by Crippen LogP contribution is 2.45. The van der Waals surface area contributed by atoms with E-state index in [9.17, 15) is 14.4 Å². The molecule has 2 saturated heterocycles. The minimum absolute atomic E-state index is 0.0315. The summed E-state index contributed by atoms with van der Waals surface area (Å²) in [7, 11) is 0. The maximum absolute atomic E-state index is 12.9. The third-order valence-corrected chi connectivity index (χ3v) is 5.60. The van der Waals surface area contributed by atoms with Crippen LogP contribution < -0.4 is 5.43 Å². The molecule has 0 radical (unpaired) electrons. The van der Waals surface area contributed by atoms with Gasteiger partial charge in [0, 0.05) is 50.5 Å². The number of benzene rings is 1. The van der Waals surface area contributed by atoms with Crippen molar-refractivity contribution in [1.82, 2.24) is 9.80 Å². The molecule has 3 heterocycles. The molecule has 2 fully saturated rings. The molecule has 0 N–H and O–H groups in total. The van der Waals surface area contributed by atoms with Gasteiger partial charge in [-0.25, -0.2) is 0 Å². The molecule has 2 aliphatic rings. The molecule has 4 rings (SSSR count). The summed E-state index contributed by atoms with van der Waals surface area (Å²) < 4.78 is 5.47. The van der Waals surface area contributed by atoms with Gasteiger partial charge in [-0.2, -0.15) is 0 Å².